The SMILES string of the molecule is CC1=C(c2cc(O)cc(F)c2)C(c2ccc(OC[C@H](C)N3CCC(CF)C3)cc2)Oc2ccc(O)cc21. The molecule has 37 heavy (non-hydrogen) atoms. The fourth-order valence-corrected chi connectivity index (χ4v) is 5.22. The maximum absolute atomic E-state index is 14.3. The second-order valence-corrected chi connectivity index (χ2v) is 9.95. The zero-order valence-electron chi connectivity index (χ0n) is 21.0. The van der Waals surface area contributed by atoms with Gasteiger partial charge in [0.25, 0.3) is 0 Å². The molecule has 1 fully saturated rings. The van der Waals surface area contributed by atoms with Gasteiger partial charge in [0.1, 0.15) is 41.5 Å². The number of nitrogens with zero attached hydrogens (tertiary/aromatic N) is 1. The summed E-state index contributed by atoms with van der Waals surface area (Å²) in [6.07, 6.45) is 0.325. The molecule has 3 aromatic rings. The number of phenolic OH excluding ortho intramolecular Hbond substituents is 2. The summed E-state index contributed by atoms with van der Waals surface area (Å²) in [6, 6.07) is 16.6. The molecule has 0 aromatic heterocycles. The average molecular weight is 508 g/mol. The number of rotatable bonds is 7. The number of hydrogen-bond donors (Lipinski definition) is 2. The Bertz CT molecular complexity index is 1290. The molecule has 3 atom stereocenters. The molecule has 0 bridgehead atoms. The highest BCUT2D eigenvalue weighted by Gasteiger charge is 2.30. The predicted molar refractivity (Wildman–Crippen MR) is 139 cm³/mol. The molecule has 0 amide bonds. The van der Waals surface area contributed by atoms with Crippen LogP contribution in [0, 0.1) is 11.7 Å². The third-order valence-corrected chi connectivity index (χ3v) is 7.30. The van der Waals surface area contributed by atoms with E-state index in [9.17, 15) is 19.0 Å². The van der Waals surface area contributed by atoms with Crippen molar-refractivity contribution in [2.45, 2.75) is 32.4 Å². The summed E-state index contributed by atoms with van der Waals surface area (Å²) in [7, 11) is 0. The van der Waals surface area contributed by atoms with Gasteiger partial charge in [-0.3, -0.25) is 9.29 Å². The number of fused-ring (bicyclic) bond motifs is 1. The number of hydrogen-bond acceptors (Lipinski definition) is 5. The third kappa shape index (κ3) is 5.27. The van der Waals surface area contributed by atoms with Crippen LogP contribution in [-0.2, 0) is 0 Å². The topological polar surface area (TPSA) is 62.2 Å². The molecule has 2 aliphatic heterocycles. The van der Waals surface area contributed by atoms with Crippen molar-refractivity contribution in [1.29, 1.82) is 0 Å². The van der Waals surface area contributed by atoms with Gasteiger partial charge in [-0.05, 0) is 86.0 Å². The zero-order chi connectivity index (χ0) is 26.1. The van der Waals surface area contributed by atoms with Gasteiger partial charge in [-0.25, -0.2) is 4.39 Å². The van der Waals surface area contributed by atoms with Crippen molar-refractivity contribution in [3.63, 3.8) is 0 Å². The summed E-state index contributed by atoms with van der Waals surface area (Å²) in [5.41, 5.74) is 3.56. The first-order chi connectivity index (χ1) is 17.8. The molecular formula is C30H31F2NO4. The quantitative estimate of drug-likeness (QED) is 0.390. The molecule has 194 valence electrons. The van der Waals surface area contributed by atoms with E-state index in [-0.39, 0.29) is 30.1 Å². The first kappa shape index (κ1) is 25.1. The predicted octanol–water partition coefficient (Wildman–Crippen LogP) is 6.36. The summed E-state index contributed by atoms with van der Waals surface area (Å²) in [4.78, 5) is 2.26. The van der Waals surface area contributed by atoms with Gasteiger partial charge >= 0.3 is 0 Å². The van der Waals surface area contributed by atoms with E-state index in [1.165, 1.54) is 12.1 Å². The highest BCUT2D eigenvalue weighted by molar-refractivity contribution is 5.95. The van der Waals surface area contributed by atoms with Gasteiger partial charge in [0.15, 0.2) is 0 Å². The number of phenols is 2. The molecule has 1 saturated heterocycles. The van der Waals surface area contributed by atoms with Crippen LogP contribution in [0.4, 0.5) is 8.78 Å². The van der Waals surface area contributed by atoms with E-state index in [4.69, 9.17) is 9.47 Å². The minimum absolute atomic E-state index is 0.103. The first-order valence-electron chi connectivity index (χ1n) is 12.6. The molecule has 0 saturated carbocycles. The second kappa shape index (κ2) is 10.4. The van der Waals surface area contributed by atoms with Gasteiger partial charge in [-0.15, -0.1) is 0 Å². The Morgan fingerprint density at radius 3 is 2.54 bits per heavy atom. The lowest BCUT2D eigenvalue weighted by Crippen LogP contribution is -2.35. The zero-order valence-corrected chi connectivity index (χ0v) is 21.0. The number of halogens is 2. The standard InChI is InChI=1S/C30H31F2NO4/c1-18(33-10-9-20(15-31)16-33)17-36-26-6-3-21(4-7-26)30-29(22-11-23(32)13-25(35)12-22)19(2)27-14-24(34)5-8-28(27)37-30/h3-8,11-14,18,20,30,34-35H,9-10,15-17H2,1-2H3/t18-,20?,30?/m0/s1. The van der Waals surface area contributed by atoms with E-state index >= 15 is 0 Å². The van der Waals surface area contributed by atoms with Gasteiger partial charge in [-0.1, -0.05) is 12.1 Å². The average Bonchev–Trinajstić information content (AvgIpc) is 3.37. The van der Waals surface area contributed by atoms with E-state index < -0.39 is 11.9 Å². The van der Waals surface area contributed by atoms with Crippen molar-refractivity contribution in [2.75, 3.05) is 26.4 Å². The normalized spacial score (nSPS) is 20.4. The number of ether oxygens (including phenoxy) is 2. The molecule has 2 aliphatic rings. The Morgan fingerprint density at radius 1 is 1.05 bits per heavy atom. The largest absolute Gasteiger partial charge is 0.508 e. The Labute approximate surface area is 215 Å². The lowest BCUT2D eigenvalue weighted by atomic mass is 9.86. The second-order valence-electron chi connectivity index (χ2n) is 9.95. The van der Waals surface area contributed by atoms with Crippen LogP contribution in [0.2, 0.25) is 0 Å². The monoisotopic (exact) mass is 507 g/mol. The Morgan fingerprint density at radius 2 is 1.84 bits per heavy atom. The van der Waals surface area contributed by atoms with Crippen LogP contribution >= 0.6 is 0 Å². The Balaban J connectivity index is 1.40. The van der Waals surface area contributed by atoms with Crippen LogP contribution in [0.3, 0.4) is 0 Å². The molecular weight excluding hydrogens is 476 g/mol. The van der Waals surface area contributed by atoms with Crippen molar-refractivity contribution >= 4 is 11.1 Å². The summed E-state index contributed by atoms with van der Waals surface area (Å²) in [6.45, 7) is 5.88. The van der Waals surface area contributed by atoms with Crippen molar-refractivity contribution in [2.24, 2.45) is 5.92 Å². The van der Waals surface area contributed by atoms with Gasteiger partial charge in [-0.2, -0.15) is 0 Å². The maximum Gasteiger partial charge on any atom is 0.150 e. The molecule has 3 aromatic carbocycles. The molecule has 2 N–H and O–H groups in total. The van der Waals surface area contributed by atoms with E-state index in [2.05, 4.69) is 11.8 Å². The fraction of sp³-hybridized carbons (Fsp3) is 0.333. The van der Waals surface area contributed by atoms with Gasteiger partial charge in [0.05, 0.1) is 6.67 Å². The number of likely N-dealkylation sites (tertiary alicyclic amines) is 1. The lowest BCUT2D eigenvalue weighted by Gasteiger charge is -2.31. The highest BCUT2D eigenvalue weighted by atomic mass is 19.1. The van der Waals surface area contributed by atoms with E-state index in [1.807, 2.05) is 31.2 Å². The number of alkyl halides is 1. The highest BCUT2D eigenvalue weighted by Crippen LogP contribution is 2.48. The molecule has 5 nitrogen and oxygen atoms in total. The van der Waals surface area contributed by atoms with Crippen LogP contribution < -0.4 is 9.47 Å². The summed E-state index contributed by atoms with van der Waals surface area (Å²) >= 11 is 0. The minimum atomic E-state index is -0.562. The van der Waals surface area contributed by atoms with Crippen molar-refractivity contribution in [3.8, 4) is 23.0 Å². The summed E-state index contributed by atoms with van der Waals surface area (Å²) in [5, 5.41) is 20.1. The molecule has 2 unspecified atom stereocenters. The lowest BCUT2D eigenvalue weighted by molar-refractivity contribution is 0.165. The van der Waals surface area contributed by atoms with Crippen molar-refractivity contribution in [1.82, 2.24) is 4.90 Å². The minimum Gasteiger partial charge on any atom is -0.508 e. The summed E-state index contributed by atoms with van der Waals surface area (Å²) < 4.78 is 39.6. The van der Waals surface area contributed by atoms with Crippen LogP contribution in [0.15, 0.2) is 60.7 Å². The maximum atomic E-state index is 14.3. The van der Waals surface area contributed by atoms with Gasteiger partial charge in [0.2, 0.25) is 0 Å². The Kier molecular flexibility index (Phi) is 7.07. The van der Waals surface area contributed by atoms with E-state index in [1.54, 1.807) is 18.2 Å². The van der Waals surface area contributed by atoms with Crippen LogP contribution in [0.1, 0.15) is 43.1 Å². The van der Waals surface area contributed by atoms with Crippen LogP contribution in [-0.4, -0.2) is 47.5 Å². The van der Waals surface area contributed by atoms with Crippen molar-refractivity contribution in [3.05, 3.63) is 83.2 Å². The number of aromatic hydroxyl groups is 2. The first-order valence-corrected chi connectivity index (χ1v) is 12.6. The Hall–Kier alpha value is -3.58. The summed E-state index contributed by atoms with van der Waals surface area (Å²) in [5.74, 6) is 0.817. The molecule has 5 rings (SSSR count). The molecule has 7 heteroatoms. The fourth-order valence-electron chi connectivity index (χ4n) is 5.22. The van der Waals surface area contributed by atoms with E-state index in [0.29, 0.717) is 34.8 Å². The number of benzene rings is 3. The molecule has 0 aliphatic carbocycles. The molecule has 2 heterocycles. The van der Waals surface area contributed by atoms with E-state index in [0.717, 1.165) is 36.7 Å². The van der Waals surface area contributed by atoms with Crippen LogP contribution in [0.25, 0.3) is 11.1 Å². The molecule has 0 spiro atoms. The van der Waals surface area contributed by atoms with Crippen LogP contribution in [0.5, 0.6) is 23.0 Å². The smallest absolute Gasteiger partial charge is 0.150 e. The van der Waals surface area contributed by atoms with Gasteiger partial charge in [0, 0.05) is 35.7 Å². The third-order valence-electron chi connectivity index (χ3n) is 7.30. The molecule has 0 radical (unpaired) electrons. The van der Waals surface area contributed by atoms with Gasteiger partial charge < -0.3 is 19.7 Å². The number of allylic oxidation sites excluding steroid dienone is 1. The van der Waals surface area contributed by atoms with Crippen molar-refractivity contribution < 1.29 is 28.5 Å².